The number of carbonyl (C=O) groups is 1. The van der Waals surface area contributed by atoms with E-state index in [4.69, 9.17) is 34.5 Å². The molecular formula is C21H28N10O3. The summed E-state index contributed by atoms with van der Waals surface area (Å²) >= 11 is 0. The number of ether oxygens (including phenoxy) is 1. The van der Waals surface area contributed by atoms with Crippen molar-refractivity contribution < 1.29 is 14.6 Å². The molecule has 180 valence electrons. The fraction of sp³-hybridized carbons (Fsp3) is 0.333. The lowest BCUT2D eigenvalue weighted by Crippen LogP contribution is -2.31. The summed E-state index contributed by atoms with van der Waals surface area (Å²) in [5.74, 6) is 0.102. The van der Waals surface area contributed by atoms with Crippen molar-refractivity contribution in [3.63, 3.8) is 0 Å². The highest BCUT2D eigenvalue weighted by Gasteiger charge is 2.03. The molecule has 3 aromatic heterocycles. The number of hydrogen-bond donors (Lipinski definition) is 4. The van der Waals surface area contributed by atoms with Gasteiger partial charge in [-0.2, -0.15) is 14.7 Å². The van der Waals surface area contributed by atoms with Gasteiger partial charge >= 0.3 is 12.5 Å². The number of morpholine rings is 1. The van der Waals surface area contributed by atoms with Crippen LogP contribution in [0.3, 0.4) is 0 Å². The van der Waals surface area contributed by atoms with Crippen LogP contribution in [0.1, 0.15) is 11.4 Å². The number of aliphatic carboxylic acids is 1. The molecule has 6 N–H and O–H groups in total. The van der Waals surface area contributed by atoms with Gasteiger partial charge in [-0.25, -0.2) is 21.2 Å². The van der Waals surface area contributed by atoms with Crippen molar-refractivity contribution >= 4 is 23.3 Å². The van der Waals surface area contributed by atoms with Crippen LogP contribution in [0.15, 0.2) is 36.8 Å². The molecule has 1 fully saturated rings. The number of aromatic amines is 1. The number of hydrogen-bond acceptors (Lipinski definition) is 8. The number of anilines is 2. The van der Waals surface area contributed by atoms with Crippen LogP contribution in [0, 0.1) is 27.0 Å². The highest BCUT2D eigenvalue weighted by Crippen LogP contribution is 2.06. The number of nitrogen functional groups attached to an aromatic ring is 2. The van der Waals surface area contributed by atoms with Gasteiger partial charge in [-0.05, 0) is 26.1 Å². The predicted octanol–water partition coefficient (Wildman–Crippen LogP) is 1.62. The van der Waals surface area contributed by atoms with E-state index in [1.807, 2.05) is 26.1 Å². The Morgan fingerprint density at radius 1 is 1.29 bits per heavy atom. The van der Waals surface area contributed by atoms with Gasteiger partial charge in [0.05, 0.1) is 25.5 Å². The Labute approximate surface area is 197 Å². The van der Waals surface area contributed by atoms with E-state index in [0.29, 0.717) is 11.6 Å². The number of aryl methyl sites for hydroxylation is 2. The standard InChI is InChI=1S/C7H8N4.C7H10N2O.C4H7N3.C3H3NO2/c1-5-4-7-9-3-2-6(8)11(7)10-5;1-8-2-3-9-4-6-10-7-5-9;1-3-2-4(5)7-6-3;1-4-2-3(5)6/h2-4H,8H2,1H3;2-3H,4-7H2;2H,1H3,(H3,5,6,7);2H2,(H,5,6)/b;3-2+;;. The first-order valence-corrected chi connectivity index (χ1v) is 10.0. The van der Waals surface area contributed by atoms with Gasteiger partial charge in [-0.15, -0.1) is 0 Å². The topological polar surface area (TPSA) is 169 Å². The second-order valence-corrected chi connectivity index (χ2v) is 6.69. The molecule has 34 heavy (non-hydrogen) atoms. The fourth-order valence-corrected chi connectivity index (χ4v) is 2.39. The van der Waals surface area contributed by atoms with Crippen molar-refractivity contribution in [3.8, 4) is 0 Å². The molecule has 4 rings (SSSR count). The van der Waals surface area contributed by atoms with Crippen LogP contribution in [-0.2, 0) is 9.53 Å². The monoisotopic (exact) mass is 468 g/mol. The average Bonchev–Trinajstić information content (AvgIpc) is 3.38. The number of rotatable bonds is 2. The van der Waals surface area contributed by atoms with Crippen molar-refractivity contribution in [2.75, 3.05) is 44.3 Å². The molecule has 0 aliphatic carbocycles. The van der Waals surface area contributed by atoms with Crippen molar-refractivity contribution in [2.24, 2.45) is 0 Å². The number of fused-ring (bicyclic) bond motifs is 1. The summed E-state index contributed by atoms with van der Waals surface area (Å²) in [7, 11) is 0. The molecule has 1 saturated heterocycles. The lowest BCUT2D eigenvalue weighted by atomic mass is 10.4. The Morgan fingerprint density at radius 3 is 2.44 bits per heavy atom. The molecule has 0 atom stereocenters. The van der Waals surface area contributed by atoms with E-state index < -0.39 is 12.5 Å². The first kappa shape index (κ1) is 27.4. The van der Waals surface area contributed by atoms with Gasteiger partial charge in [0.25, 0.3) is 0 Å². The minimum atomic E-state index is -1.06. The summed E-state index contributed by atoms with van der Waals surface area (Å²) in [5.41, 5.74) is 13.6. The Bertz CT molecular complexity index is 1120. The lowest BCUT2D eigenvalue weighted by Gasteiger charge is -2.24. The van der Waals surface area contributed by atoms with Crippen LogP contribution in [0.4, 0.5) is 11.6 Å². The first-order valence-electron chi connectivity index (χ1n) is 10.0. The molecule has 0 amide bonds. The van der Waals surface area contributed by atoms with Gasteiger partial charge in [-0.3, -0.25) is 5.10 Å². The first-order chi connectivity index (χ1) is 16.3. The molecule has 0 aromatic carbocycles. The number of carboxylic acids is 1. The molecule has 1 aliphatic heterocycles. The zero-order valence-corrected chi connectivity index (χ0v) is 19.0. The van der Waals surface area contributed by atoms with Gasteiger partial charge in [0.1, 0.15) is 11.6 Å². The Hall–Kier alpha value is -4.62. The van der Waals surface area contributed by atoms with Gasteiger partial charge in [0.2, 0.25) is 0 Å². The Balaban J connectivity index is 0.000000234. The zero-order valence-electron chi connectivity index (χ0n) is 19.0. The summed E-state index contributed by atoms with van der Waals surface area (Å²) in [6.45, 7) is 19.3. The summed E-state index contributed by atoms with van der Waals surface area (Å²) in [6, 6.07) is 5.38. The van der Waals surface area contributed by atoms with Gasteiger partial charge in [0.15, 0.2) is 11.8 Å². The number of nitrogens with one attached hydrogen (secondary N) is 1. The summed E-state index contributed by atoms with van der Waals surface area (Å²) < 4.78 is 6.75. The average molecular weight is 469 g/mol. The summed E-state index contributed by atoms with van der Waals surface area (Å²) in [5, 5.41) is 18.2. The lowest BCUT2D eigenvalue weighted by molar-refractivity contribution is -0.134. The van der Waals surface area contributed by atoms with E-state index >= 15 is 0 Å². The van der Waals surface area contributed by atoms with E-state index in [-0.39, 0.29) is 0 Å². The smallest absolute Gasteiger partial charge is 0.384 e. The van der Waals surface area contributed by atoms with E-state index in [1.54, 1.807) is 22.8 Å². The quantitative estimate of drug-likeness (QED) is 0.408. The molecule has 0 bridgehead atoms. The van der Waals surface area contributed by atoms with E-state index in [2.05, 4.69) is 34.9 Å². The maximum atomic E-state index is 9.39. The SMILES string of the molecule is Cc1cc(N)n[nH]1.Cc1cc2nccc(N)n2n1.[C-]#[N+]/C=C/N1CCOCC1.[C-]#[N+]CC(=O)O. The summed E-state index contributed by atoms with van der Waals surface area (Å²) in [4.78, 5) is 21.3. The minimum Gasteiger partial charge on any atom is -0.476 e. The third-order valence-corrected chi connectivity index (χ3v) is 3.85. The van der Waals surface area contributed by atoms with E-state index in [9.17, 15) is 4.79 Å². The number of carboxylic acid groups (broad SMARTS) is 1. The number of nitrogens with zero attached hydrogens (tertiary/aromatic N) is 7. The molecule has 0 spiro atoms. The zero-order chi connectivity index (χ0) is 25.3. The number of aromatic nitrogens is 5. The third-order valence-electron chi connectivity index (χ3n) is 3.85. The Kier molecular flexibility index (Phi) is 12.3. The largest absolute Gasteiger partial charge is 0.476 e. The van der Waals surface area contributed by atoms with E-state index in [1.165, 1.54) is 6.20 Å². The molecule has 0 unspecified atom stereocenters. The van der Waals surface area contributed by atoms with Crippen LogP contribution in [0.2, 0.25) is 0 Å². The second kappa shape index (κ2) is 15.2. The highest BCUT2D eigenvalue weighted by atomic mass is 16.5. The minimum absolute atomic E-state index is 0.417. The van der Waals surface area contributed by atoms with Crippen LogP contribution < -0.4 is 11.5 Å². The molecular weight excluding hydrogens is 440 g/mol. The van der Waals surface area contributed by atoms with Crippen LogP contribution in [0.5, 0.6) is 0 Å². The molecule has 3 aromatic rings. The molecule has 0 radical (unpaired) electrons. The van der Waals surface area contributed by atoms with Gasteiger partial charge in [-0.1, -0.05) is 0 Å². The van der Waals surface area contributed by atoms with Crippen molar-refractivity contribution in [2.45, 2.75) is 13.8 Å². The molecule has 0 saturated carbocycles. The number of H-pyrrole nitrogens is 1. The van der Waals surface area contributed by atoms with Gasteiger partial charge < -0.3 is 31.1 Å². The predicted molar refractivity (Wildman–Crippen MR) is 127 cm³/mol. The maximum Gasteiger partial charge on any atom is 0.384 e. The maximum absolute atomic E-state index is 9.39. The highest BCUT2D eigenvalue weighted by molar-refractivity contribution is 5.70. The van der Waals surface area contributed by atoms with Crippen LogP contribution in [-0.4, -0.2) is 73.6 Å². The fourth-order valence-electron chi connectivity index (χ4n) is 2.39. The van der Waals surface area contributed by atoms with E-state index in [0.717, 1.165) is 43.3 Å². The molecule has 1 aliphatic rings. The van der Waals surface area contributed by atoms with Crippen molar-refractivity contribution in [1.29, 1.82) is 0 Å². The van der Waals surface area contributed by atoms with Crippen molar-refractivity contribution in [3.05, 3.63) is 71.0 Å². The third kappa shape index (κ3) is 11.1. The van der Waals surface area contributed by atoms with Crippen LogP contribution in [0.25, 0.3) is 15.3 Å². The number of nitrogens with two attached hydrogens (primary N) is 2. The van der Waals surface area contributed by atoms with Crippen molar-refractivity contribution in [1.82, 2.24) is 29.7 Å². The van der Waals surface area contributed by atoms with Gasteiger partial charge in [0, 0.05) is 37.1 Å². The molecule has 13 nitrogen and oxygen atoms in total. The molecule has 13 heteroatoms. The second-order valence-electron chi connectivity index (χ2n) is 6.69. The summed E-state index contributed by atoms with van der Waals surface area (Å²) in [6.07, 6.45) is 4.96. The Morgan fingerprint density at radius 2 is 2.00 bits per heavy atom. The normalized spacial score (nSPS) is 12.2. The molecule has 4 heterocycles. The van der Waals surface area contributed by atoms with Crippen LogP contribution >= 0.6 is 0 Å².